The first-order chi connectivity index (χ1) is 11.4. The lowest BCUT2D eigenvalue weighted by Crippen LogP contribution is -2.35. The summed E-state index contributed by atoms with van der Waals surface area (Å²) in [5.41, 5.74) is 6.82. The molecule has 0 saturated heterocycles. The van der Waals surface area contributed by atoms with Crippen molar-refractivity contribution in [3.63, 3.8) is 0 Å². The minimum Gasteiger partial charge on any atom is -0.326 e. The van der Waals surface area contributed by atoms with Gasteiger partial charge in [0.15, 0.2) is 5.13 Å². The minimum atomic E-state index is -0.587. The average molecular weight is 387 g/mol. The summed E-state index contributed by atoms with van der Waals surface area (Å²) >= 11 is 1.20. The van der Waals surface area contributed by atoms with E-state index in [4.69, 9.17) is 5.73 Å². The van der Waals surface area contributed by atoms with Gasteiger partial charge in [-0.2, -0.15) is 0 Å². The molecule has 6 nitrogen and oxygen atoms in total. The maximum absolute atomic E-state index is 14.2. The number of benzene rings is 1. The largest absolute Gasteiger partial charge is 0.326 e. The van der Waals surface area contributed by atoms with Gasteiger partial charge in [-0.05, 0) is 24.6 Å². The van der Waals surface area contributed by atoms with E-state index in [1.807, 2.05) is 6.92 Å². The predicted octanol–water partition coefficient (Wildman–Crippen LogP) is 3.40. The Kier molecular flexibility index (Phi) is 7.95. The molecule has 2 rings (SSSR count). The van der Waals surface area contributed by atoms with Gasteiger partial charge in [-0.3, -0.25) is 9.59 Å². The highest BCUT2D eigenvalue weighted by molar-refractivity contribution is 7.14. The molecule has 1 aromatic carbocycles. The first-order valence-electron chi connectivity index (χ1n) is 7.50. The van der Waals surface area contributed by atoms with Crippen molar-refractivity contribution in [1.29, 1.82) is 0 Å². The number of nitrogens with one attached hydrogen (secondary N) is 2. The van der Waals surface area contributed by atoms with Gasteiger partial charge in [-0.25, -0.2) is 9.37 Å². The molecule has 0 fully saturated rings. The molecule has 0 bridgehead atoms. The normalized spacial score (nSPS) is 11.4. The molecule has 25 heavy (non-hydrogen) atoms. The van der Waals surface area contributed by atoms with Gasteiger partial charge in [-0.1, -0.05) is 13.3 Å². The number of rotatable bonds is 6. The van der Waals surface area contributed by atoms with Crippen molar-refractivity contribution < 1.29 is 14.0 Å². The number of carbonyl (C=O) groups excluding carboxylic acids is 2. The van der Waals surface area contributed by atoms with E-state index in [0.29, 0.717) is 28.5 Å². The van der Waals surface area contributed by atoms with Gasteiger partial charge >= 0.3 is 0 Å². The van der Waals surface area contributed by atoms with Crippen molar-refractivity contribution in [3.05, 3.63) is 29.4 Å². The highest BCUT2D eigenvalue weighted by atomic mass is 35.5. The van der Waals surface area contributed by atoms with E-state index in [2.05, 4.69) is 15.6 Å². The Morgan fingerprint density at radius 1 is 1.36 bits per heavy atom. The maximum Gasteiger partial charge on any atom is 0.243 e. The van der Waals surface area contributed by atoms with Crippen LogP contribution in [0.2, 0.25) is 0 Å². The van der Waals surface area contributed by atoms with E-state index >= 15 is 0 Å². The van der Waals surface area contributed by atoms with Crippen molar-refractivity contribution in [2.45, 2.75) is 32.7 Å². The Morgan fingerprint density at radius 3 is 2.68 bits per heavy atom. The fourth-order valence-corrected chi connectivity index (χ4v) is 2.81. The van der Waals surface area contributed by atoms with Crippen molar-refractivity contribution in [1.82, 2.24) is 4.98 Å². The smallest absolute Gasteiger partial charge is 0.243 e. The highest BCUT2D eigenvalue weighted by Crippen LogP contribution is 2.28. The molecule has 136 valence electrons. The minimum absolute atomic E-state index is 0. The third-order valence-electron chi connectivity index (χ3n) is 3.24. The second-order valence-electron chi connectivity index (χ2n) is 5.30. The molecule has 0 radical (unpaired) electrons. The molecule has 1 aromatic heterocycles. The fraction of sp³-hybridized carbons (Fsp3) is 0.312. The molecule has 9 heteroatoms. The van der Waals surface area contributed by atoms with Crippen LogP contribution < -0.4 is 16.4 Å². The van der Waals surface area contributed by atoms with Gasteiger partial charge in [0, 0.05) is 23.6 Å². The topological polar surface area (TPSA) is 97.1 Å². The highest BCUT2D eigenvalue weighted by Gasteiger charge is 2.15. The van der Waals surface area contributed by atoms with E-state index < -0.39 is 11.9 Å². The Hall–Kier alpha value is -2.03. The molecule has 0 aliphatic carbocycles. The van der Waals surface area contributed by atoms with Crippen LogP contribution in [0.3, 0.4) is 0 Å². The molecule has 4 N–H and O–H groups in total. The van der Waals surface area contributed by atoms with Gasteiger partial charge in [-0.15, -0.1) is 23.7 Å². The number of hydrogen-bond acceptors (Lipinski definition) is 5. The summed E-state index contributed by atoms with van der Waals surface area (Å²) < 4.78 is 14.2. The zero-order valence-electron chi connectivity index (χ0n) is 13.8. The molecule has 2 aromatic rings. The second kappa shape index (κ2) is 9.45. The first kappa shape index (κ1) is 21.0. The molecule has 1 heterocycles. The summed E-state index contributed by atoms with van der Waals surface area (Å²) in [5.74, 6) is -1.09. The third kappa shape index (κ3) is 5.77. The Morgan fingerprint density at radius 2 is 2.08 bits per heavy atom. The molecule has 1 unspecified atom stereocenters. The van der Waals surface area contributed by atoms with E-state index in [-0.39, 0.29) is 24.2 Å². The summed E-state index contributed by atoms with van der Waals surface area (Å²) in [7, 11) is 0. The van der Waals surface area contributed by atoms with Crippen LogP contribution in [-0.2, 0) is 9.59 Å². The summed E-state index contributed by atoms with van der Waals surface area (Å²) in [6, 6.07) is 3.76. The monoisotopic (exact) mass is 386 g/mol. The average Bonchev–Trinajstić information content (AvgIpc) is 2.95. The van der Waals surface area contributed by atoms with Crippen molar-refractivity contribution in [3.8, 4) is 11.3 Å². The van der Waals surface area contributed by atoms with Crippen LogP contribution in [0.25, 0.3) is 11.3 Å². The number of carbonyl (C=O) groups is 2. The zero-order valence-corrected chi connectivity index (χ0v) is 15.5. The lowest BCUT2D eigenvalue weighted by atomic mass is 10.1. The molecule has 2 amide bonds. The number of nitrogens with zero attached hydrogens (tertiary/aromatic N) is 1. The van der Waals surface area contributed by atoms with Gasteiger partial charge in [0.05, 0.1) is 11.7 Å². The summed E-state index contributed by atoms with van der Waals surface area (Å²) in [4.78, 5) is 27.1. The predicted molar refractivity (Wildman–Crippen MR) is 101 cm³/mol. The molecule has 1 atom stereocenters. The van der Waals surface area contributed by atoms with Crippen molar-refractivity contribution >= 4 is 46.4 Å². The standard InChI is InChI=1S/C16H19FN4O2S.ClH/c1-3-4-13(18)15(23)21-16-20-14(8-24-16)11-6-5-10(7-12(11)17)19-9(2)22;/h5-8,13H,3-4,18H2,1-2H3,(H,19,22)(H,20,21,23);1H. The van der Waals surface area contributed by atoms with Crippen LogP contribution in [0.15, 0.2) is 23.6 Å². The van der Waals surface area contributed by atoms with Gasteiger partial charge in [0.1, 0.15) is 5.82 Å². The van der Waals surface area contributed by atoms with E-state index in [1.165, 1.54) is 30.4 Å². The van der Waals surface area contributed by atoms with E-state index in [0.717, 1.165) is 6.42 Å². The quantitative estimate of drug-likeness (QED) is 0.708. The van der Waals surface area contributed by atoms with Gasteiger partial charge in [0.25, 0.3) is 0 Å². The van der Waals surface area contributed by atoms with Crippen LogP contribution in [-0.4, -0.2) is 22.8 Å². The van der Waals surface area contributed by atoms with Crippen molar-refractivity contribution in [2.75, 3.05) is 10.6 Å². The van der Waals surface area contributed by atoms with Crippen molar-refractivity contribution in [2.24, 2.45) is 5.73 Å². The van der Waals surface area contributed by atoms with Crippen LogP contribution in [0, 0.1) is 5.82 Å². The summed E-state index contributed by atoms with van der Waals surface area (Å²) in [6.45, 7) is 3.30. The third-order valence-corrected chi connectivity index (χ3v) is 3.99. The van der Waals surface area contributed by atoms with Crippen LogP contribution in [0.1, 0.15) is 26.7 Å². The summed E-state index contributed by atoms with van der Waals surface area (Å²) in [6.07, 6.45) is 1.40. The molecular weight excluding hydrogens is 367 g/mol. The van der Waals surface area contributed by atoms with Gasteiger partial charge in [0.2, 0.25) is 11.8 Å². The van der Waals surface area contributed by atoms with Gasteiger partial charge < -0.3 is 16.4 Å². The molecule has 0 spiro atoms. The van der Waals surface area contributed by atoms with Crippen LogP contribution >= 0.6 is 23.7 Å². The lowest BCUT2D eigenvalue weighted by molar-refractivity contribution is -0.117. The second-order valence-corrected chi connectivity index (χ2v) is 6.16. The summed E-state index contributed by atoms with van der Waals surface area (Å²) in [5, 5.41) is 7.17. The number of hydrogen-bond donors (Lipinski definition) is 3. The van der Waals surface area contributed by atoms with E-state index in [9.17, 15) is 14.0 Å². The number of aromatic nitrogens is 1. The maximum atomic E-state index is 14.2. The Labute approximate surface area is 155 Å². The fourth-order valence-electron chi connectivity index (χ4n) is 2.10. The molecular formula is C16H20ClFN4O2S. The SMILES string of the molecule is CCCC(N)C(=O)Nc1nc(-c2ccc(NC(C)=O)cc2F)cs1.Cl. The number of thiazole rings is 1. The Balaban J connectivity index is 0.00000312. The number of amides is 2. The molecule has 0 saturated carbocycles. The number of nitrogens with two attached hydrogens (primary N) is 1. The van der Waals surface area contributed by atoms with Crippen LogP contribution in [0.4, 0.5) is 15.2 Å². The number of halogens is 2. The number of anilines is 2. The van der Waals surface area contributed by atoms with Crippen LogP contribution in [0.5, 0.6) is 0 Å². The lowest BCUT2D eigenvalue weighted by Gasteiger charge is -2.08. The van der Waals surface area contributed by atoms with E-state index in [1.54, 1.807) is 11.4 Å². The Bertz CT molecular complexity index is 753. The molecule has 0 aliphatic heterocycles. The first-order valence-corrected chi connectivity index (χ1v) is 8.38. The zero-order chi connectivity index (χ0) is 17.7. The molecule has 0 aliphatic rings.